The van der Waals surface area contributed by atoms with Crippen molar-refractivity contribution < 1.29 is 9.53 Å². The predicted molar refractivity (Wildman–Crippen MR) is 85.8 cm³/mol. The van der Waals surface area contributed by atoms with Gasteiger partial charge in [-0.3, -0.25) is 0 Å². The van der Waals surface area contributed by atoms with Crippen molar-refractivity contribution >= 4 is 22.4 Å². The van der Waals surface area contributed by atoms with Crippen molar-refractivity contribution in [2.75, 3.05) is 11.9 Å². The van der Waals surface area contributed by atoms with E-state index in [2.05, 4.69) is 16.9 Å². The fraction of sp³-hybridized carbons (Fsp3) is 0.250. The molecule has 0 spiro atoms. The highest BCUT2D eigenvalue weighted by Gasteiger charge is 2.12. The van der Waals surface area contributed by atoms with Gasteiger partial charge in [-0.1, -0.05) is 29.8 Å². The van der Waals surface area contributed by atoms with E-state index in [0.29, 0.717) is 17.4 Å². The molecule has 5 heteroatoms. The van der Waals surface area contributed by atoms with E-state index in [-0.39, 0.29) is 6.61 Å². The van der Waals surface area contributed by atoms with Crippen molar-refractivity contribution in [2.24, 2.45) is 0 Å². The highest BCUT2D eigenvalue weighted by molar-refractivity contribution is 7.13. The number of nitrogens with one attached hydrogen (secondary N) is 1. The lowest BCUT2D eigenvalue weighted by molar-refractivity contribution is 0.0466. The van der Waals surface area contributed by atoms with E-state index < -0.39 is 5.97 Å². The number of carbonyl (C=O) groups is 1. The van der Waals surface area contributed by atoms with Crippen molar-refractivity contribution in [1.29, 1.82) is 0 Å². The largest absolute Gasteiger partial charge is 0.456 e. The number of thiazole rings is 1. The molecule has 2 rings (SSSR count). The van der Waals surface area contributed by atoms with Gasteiger partial charge in [0.1, 0.15) is 6.61 Å². The summed E-state index contributed by atoms with van der Waals surface area (Å²) in [7, 11) is 0. The van der Waals surface area contributed by atoms with E-state index >= 15 is 0 Å². The van der Waals surface area contributed by atoms with E-state index in [9.17, 15) is 4.79 Å². The first-order chi connectivity index (χ1) is 10.1. The summed E-state index contributed by atoms with van der Waals surface area (Å²) in [5.74, 6) is -0.404. The van der Waals surface area contributed by atoms with Gasteiger partial charge in [-0.05, 0) is 25.0 Å². The van der Waals surface area contributed by atoms with Crippen molar-refractivity contribution in [3.63, 3.8) is 0 Å². The van der Waals surface area contributed by atoms with Gasteiger partial charge in [0.2, 0.25) is 0 Å². The number of anilines is 1. The molecule has 0 atom stereocenters. The molecule has 0 saturated heterocycles. The molecule has 2 aromatic rings. The maximum atomic E-state index is 12.0. The molecule has 0 aliphatic carbocycles. The van der Waals surface area contributed by atoms with Gasteiger partial charge in [-0.15, -0.1) is 17.9 Å². The Bertz CT molecular complexity index is 649. The Labute approximate surface area is 128 Å². The SMILES string of the molecule is C=CCNc1nc(C(=O)OCc2cc(C)ccc2C)cs1. The number of rotatable bonds is 6. The van der Waals surface area contributed by atoms with Gasteiger partial charge >= 0.3 is 5.97 Å². The van der Waals surface area contributed by atoms with Gasteiger partial charge in [0.25, 0.3) is 0 Å². The van der Waals surface area contributed by atoms with Crippen LogP contribution in [0.3, 0.4) is 0 Å². The van der Waals surface area contributed by atoms with Crippen molar-refractivity contribution in [3.8, 4) is 0 Å². The fourth-order valence-corrected chi connectivity index (χ4v) is 2.47. The van der Waals surface area contributed by atoms with E-state index in [4.69, 9.17) is 4.74 Å². The zero-order chi connectivity index (χ0) is 15.2. The molecule has 0 radical (unpaired) electrons. The molecule has 1 aromatic carbocycles. The van der Waals surface area contributed by atoms with Crippen LogP contribution in [0.15, 0.2) is 36.2 Å². The average molecular weight is 302 g/mol. The summed E-state index contributed by atoms with van der Waals surface area (Å²) >= 11 is 1.37. The molecule has 0 fully saturated rings. The summed E-state index contributed by atoms with van der Waals surface area (Å²) in [5, 5.41) is 5.42. The van der Waals surface area contributed by atoms with Crippen LogP contribution in [0.1, 0.15) is 27.2 Å². The first-order valence-corrected chi connectivity index (χ1v) is 7.51. The smallest absolute Gasteiger partial charge is 0.358 e. The summed E-state index contributed by atoms with van der Waals surface area (Å²) < 4.78 is 5.33. The Morgan fingerprint density at radius 2 is 2.29 bits per heavy atom. The standard InChI is InChI=1S/C16H18N2O2S/c1-4-7-17-16-18-14(10-21-16)15(19)20-9-13-8-11(2)5-6-12(13)3/h4-6,8,10H,1,7,9H2,2-3H3,(H,17,18). The molecule has 1 aromatic heterocycles. The van der Waals surface area contributed by atoms with Crippen LogP contribution in [0.2, 0.25) is 0 Å². The second kappa shape index (κ2) is 7.04. The van der Waals surface area contributed by atoms with Gasteiger partial charge in [-0.25, -0.2) is 9.78 Å². The zero-order valence-corrected chi connectivity index (χ0v) is 13.0. The minimum absolute atomic E-state index is 0.263. The molecule has 0 unspecified atom stereocenters. The summed E-state index contributed by atoms with van der Waals surface area (Å²) in [4.78, 5) is 16.2. The Hall–Kier alpha value is -2.14. The number of benzene rings is 1. The minimum Gasteiger partial charge on any atom is -0.456 e. The van der Waals surface area contributed by atoms with Crippen LogP contribution in [0, 0.1) is 13.8 Å². The zero-order valence-electron chi connectivity index (χ0n) is 12.2. The lowest BCUT2D eigenvalue weighted by atomic mass is 10.1. The lowest BCUT2D eigenvalue weighted by Crippen LogP contribution is -2.07. The first-order valence-electron chi connectivity index (χ1n) is 6.63. The highest BCUT2D eigenvalue weighted by Crippen LogP contribution is 2.17. The normalized spacial score (nSPS) is 10.2. The van der Waals surface area contributed by atoms with Gasteiger partial charge < -0.3 is 10.1 Å². The van der Waals surface area contributed by atoms with E-state index in [0.717, 1.165) is 16.7 Å². The molecule has 1 heterocycles. The van der Waals surface area contributed by atoms with Gasteiger partial charge in [0.15, 0.2) is 10.8 Å². The molecule has 110 valence electrons. The number of nitrogens with zero attached hydrogens (tertiary/aromatic N) is 1. The third-order valence-electron chi connectivity index (χ3n) is 2.97. The topological polar surface area (TPSA) is 51.2 Å². The van der Waals surface area contributed by atoms with Crippen LogP contribution >= 0.6 is 11.3 Å². The van der Waals surface area contributed by atoms with Crippen LogP contribution in [0.25, 0.3) is 0 Å². The van der Waals surface area contributed by atoms with Crippen molar-refractivity contribution in [3.05, 3.63) is 58.6 Å². The van der Waals surface area contributed by atoms with Crippen molar-refractivity contribution in [1.82, 2.24) is 4.98 Å². The van der Waals surface area contributed by atoms with Crippen LogP contribution in [0.4, 0.5) is 5.13 Å². The fourth-order valence-electron chi connectivity index (χ4n) is 1.78. The average Bonchev–Trinajstić information content (AvgIpc) is 2.94. The second-order valence-corrected chi connectivity index (χ2v) is 5.57. The summed E-state index contributed by atoms with van der Waals surface area (Å²) in [6.07, 6.45) is 1.74. The third kappa shape index (κ3) is 4.16. The second-order valence-electron chi connectivity index (χ2n) is 4.71. The molecule has 0 aliphatic heterocycles. The maximum absolute atomic E-state index is 12.0. The summed E-state index contributed by atoms with van der Waals surface area (Å²) in [6, 6.07) is 6.10. The Kier molecular flexibility index (Phi) is 5.11. The first kappa shape index (κ1) is 15.3. The quantitative estimate of drug-likeness (QED) is 0.653. The third-order valence-corrected chi connectivity index (χ3v) is 3.77. The van der Waals surface area contributed by atoms with E-state index in [1.807, 2.05) is 32.0 Å². The molecule has 0 bridgehead atoms. The molecule has 4 nitrogen and oxygen atoms in total. The Morgan fingerprint density at radius 1 is 1.48 bits per heavy atom. The van der Waals surface area contributed by atoms with Crippen LogP contribution in [-0.4, -0.2) is 17.5 Å². The number of ether oxygens (including phenoxy) is 1. The van der Waals surface area contributed by atoms with Gasteiger partial charge in [0, 0.05) is 11.9 Å². The lowest BCUT2D eigenvalue weighted by Gasteiger charge is -2.07. The summed E-state index contributed by atoms with van der Waals surface area (Å²) in [5.41, 5.74) is 3.61. The van der Waals surface area contributed by atoms with Gasteiger partial charge in [-0.2, -0.15) is 0 Å². The highest BCUT2D eigenvalue weighted by atomic mass is 32.1. The van der Waals surface area contributed by atoms with E-state index in [1.54, 1.807) is 11.5 Å². The van der Waals surface area contributed by atoms with Crippen LogP contribution in [-0.2, 0) is 11.3 Å². The summed E-state index contributed by atoms with van der Waals surface area (Å²) in [6.45, 7) is 8.52. The van der Waals surface area contributed by atoms with Crippen LogP contribution < -0.4 is 5.32 Å². The number of hydrogen-bond acceptors (Lipinski definition) is 5. The molecule has 21 heavy (non-hydrogen) atoms. The monoisotopic (exact) mass is 302 g/mol. The molecule has 0 saturated carbocycles. The Balaban J connectivity index is 1.96. The van der Waals surface area contributed by atoms with Crippen LogP contribution in [0.5, 0.6) is 0 Å². The number of esters is 1. The Morgan fingerprint density at radius 3 is 3.05 bits per heavy atom. The maximum Gasteiger partial charge on any atom is 0.358 e. The molecule has 1 N–H and O–H groups in total. The van der Waals surface area contributed by atoms with E-state index in [1.165, 1.54) is 11.3 Å². The van der Waals surface area contributed by atoms with Gasteiger partial charge in [0.05, 0.1) is 0 Å². The molecule has 0 aliphatic rings. The molecule has 0 amide bonds. The van der Waals surface area contributed by atoms with Crippen molar-refractivity contribution in [2.45, 2.75) is 20.5 Å². The number of hydrogen-bond donors (Lipinski definition) is 1. The minimum atomic E-state index is -0.404. The number of carbonyl (C=O) groups excluding carboxylic acids is 1. The molecular formula is C16H18N2O2S. The number of aromatic nitrogens is 1. The molecular weight excluding hydrogens is 284 g/mol. The predicted octanol–water partition coefficient (Wildman–Crippen LogP) is 3.71. The number of aryl methyl sites for hydroxylation is 2.